The largest absolute Gasteiger partial charge is 0.448 e. The normalized spacial score (nSPS) is 24.5. The number of hydrogen-bond donors (Lipinski definition) is 0. The number of ether oxygens (including phenoxy) is 1. The standard InChI is InChI=1S/C10H14N4O2S/c1-7-11-9(17-12-7)13-3-2-8(6-13)14-4-5-16-10(14)15/h8H,2-6H2,1H3. The van der Waals surface area contributed by atoms with Crippen LogP contribution in [0.5, 0.6) is 0 Å². The minimum Gasteiger partial charge on any atom is -0.448 e. The van der Waals surface area contributed by atoms with Crippen LogP contribution in [0.1, 0.15) is 12.2 Å². The maximum atomic E-state index is 11.5. The minimum atomic E-state index is -0.176. The van der Waals surface area contributed by atoms with Crippen LogP contribution in [-0.2, 0) is 4.74 Å². The van der Waals surface area contributed by atoms with Gasteiger partial charge in [0, 0.05) is 24.6 Å². The second-order valence-corrected chi connectivity index (χ2v) is 5.05. The third kappa shape index (κ3) is 1.95. The highest BCUT2D eigenvalue weighted by atomic mass is 32.1. The lowest BCUT2D eigenvalue weighted by Crippen LogP contribution is -2.38. The van der Waals surface area contributed by atoms with Gasteiger partial charge in [-0.15, -0.1) is 0 Å². The predicted molar refractivity (Wildman–Crippen MR) is 63.3 cm³/mol. The number of carbonyl (C=O) groups excluding carboxylic acids is 1. The van der Waals surface area contributed by atoms with Gasteiger partial charge in [0.2, 0.25) is 5.13 Å². The minimum absolute atomic E-state index is 0.176. The molecule has 7 heteroatoms. The highest BCUT2D eigenvalue weighted by Crippen LogP contribution is 2.25. The molecule has 1 unspecified atom stereocenters. The summed E-state index contributed by atoms with van der Waals surface area (Å²) in [7, 11) is 0. The SMILES string of the molecule is Cc1nsc(N2CCC(N3CCOC3=O)C2)n1. The zero-order valence-corrected chi connectivity index (χ0v) is 10.4. The van der Waals surface area contributed by atoms with Crippen LogP contribution in [0.2, 0.25) is 0 Å². The van der Waals surface area contributed by atoms with Crippen LogP contribution < -0.4 is 4.90 Å². The number of rotatable bonds is 2. The molecule has 6 nitrogen and oxygen atoms in total. The molecule has 0 aromatic carbocycles. The molecule has 0 saturated carbocycles. The maximum Gasteiger partial charge on any atom is 0.410 e. The van der Waals surface area contributed by atoms with E-state index < -0.39 is 0 Å². The quantitative estimate of drug-likeness (QED) is 0.784. The summed E-state index contributed by atoms with van der Waals surface area (Å²) in [4.78, 5) is 19.9. The van der Waals surface area contributed by atoms with Crippen molar-refractivity contribution in [3.05, 3.63) is 5.82 Å². The topological polar surface area (TPSA) is 58.6 Å². The van der Waals surface area contributed by atoms with Gasteiger partial charge in [0.25, 0.3) is 0 Å². The smallest absolute Gasteiger partial charge is 0.410 e. The first-order valence-electron chi connectivity index (χ1n) is 5.73. The van der Waals surface area contributed by atoms with Gasteiger partial charge in [0.05, 0.1) is 12.6 Å². The average molecular weight is 254 g/mol. The number of amides is 1. The molecule has 2 fully saturated rings. The highest BCUT2D eigenvalue weighted by Gasteiger charge is 2.35. The molecule has 2 saturated heterocycles. The number of hydrogen-bond acceptors (Lipinski definition) is 6. The fourth-order valence-corrected chi connectivity index (χ4v) is 3.03. The first kappa shape index (κ1) is 10.8. The van der Waals surface area contributed by atoms with Gasteiger partial charge in [0.15, 0.2) is 0 Å². The van der Waals surface area contributed by atoms with E-state index in [1.807, 2.05) is 11.8 Å². The first-order chi connectivity index (χ1) is 8.24. The van der Waals surface area contributed by atoms with Crippen molar-refractivity contribution in [2.45, 2.75) is 19.4 Å². The van der Waals surface area contributed by atoms with Crippen LogP contribution in [0.15, 0.2) is 0 Å². The lowest BCUT2D eigenvalue weighted by molar-refractivity contribution is 0.150. The number of carbonyl (C=O) groups is 1. The van der Waals surface area contributed by atoms with E-state index in [0.29, 0.717) is 13.2 Å². The molecule has 17 heavy (non-hydrogen) atoms. The monoisotopic (exact) mass is 254 g/mol. The van der Waals surface area contributed by atoms with E-state index in [2.05, 4.69) is 14.3 Å². The van der Waals surface area contributed by atoms with E-state index >= 15 is 0 Å². The molecule has 1 aromatic heterocycles. The average Bonchev–Trinajstić information content (AvgIpc) is 2.97. The van der Waals surface area contributed by atoms with Crippen LogP contribution in [0.3, 0.4) is 0 Å². The second-order valence-electron chi connectivity index (χ2n) is 4.32. The molecule has 2 aliphatic heterocycles. The fourth-order valence-electron chi connectivity index (χ4n) is 2.32. The van der Waals surface area contributed by atoms with Gasteiger partial charge in [-0.25, -0.2) is 9.78 Å². The van der Waals surface area contributed by atoms with Crippen molar-refractivity contribution in [1.29, 1.82) is 0 Å². The van der Waals surface area contributed by atoms with E-state index in [9.17, 15) is 4.79 Å². The van der Waals surface area contributed by atoms with Crippen molar-refractivity contribution in [3.8, 4) is 0 Å². The van der Waals surface area contributed by atoms with Crippen LogP contribution in [0, 0.1) is 6.92 Å². The Kier molecular flexibility index (Phi) is 2.62. The van der Waals surface area contributed by atoms with Crippen LogP contribution in [-0.4, -0.2) is 52.6 Å². The van der Waals surface area contributed by atoms with E-state index in [4.69, 9.17) is 4.74 Å². The van der Waals surface area contributed by atoms with E-state index in [1.165, 1.54) is 11.5 Å². The van der Waals surface area contributed by atoms with Gasteiger partial charge in [-0.3, -0.25) is 4.90 Å². The molecule has 92 valence electrons. The Balaban J connectivity index is 1.67. The Morgan fingerprint density at radius 1 is 1.47 bits per heavy atom. The third-order valence-electron chi connectivity index (χ3n) is 3.18. The molecule has 1 amide bonds. The van der Waals surface area contributed by atoms with Gasteiger partial charge in [-0.2, -0.15) is 4.37 Å². The van der Waals surface area contributed by atoms with Gasteiger partial charge in [0.1, 0.15) is 12.4 Å². The number of aryl methyl sites for hydroxylation is 1. The summed E-state index contributed by atoms with van der Waals surface area (Å²) in [6.45, 7) is 4.90. The van der Waals surface area contributed by atoms with Crippen molar-refractivity contribution >= 4 is 22.8 Å². The molecule has 1 aromatic rings. The molecule has 0 bridgehead atoms. The Bertz CT molecular complexity index is 436. The number of nitrogens with zero attached hydrogens (tertiary/aromatic N) is 4. The molecule has 3 heterocycles. The van der Waals surface area contributed by atoms with Crippen LogP contribution in [0.4, 0.5) is 9.93 Å². The van der Waals surface area contributed by atoms with Gasteiger partial charge >= 0.3 is 6.09 Å². The lowest BCUT2D eigenvalue weighted by atomic mass is 10.2. The molecular weight excluding hydrogens is 240 g/mol. The second kappa shape index (κ2) is 4.14. The van der Waals surface area contributed by atoms with Crippen molar-refractivity contribution < 1.29 is 9.53 Å². The van der Waals surface area contributed by atoms with E-state index in [1.54, 1.807) is 0 Å². The van der Waals surface area contributed by atoms with Gasteiger partial charge in [-0.1, -0.05) is 0 Å². The number of aromatic nitrogens is 2. The summed E-state index contributed by atoms with van der Waals surface area (Å²) in [6.07, 6.45) is 0.804. The molecule has 0 N–H and O–H groups in total. The highest BCUT2D eigenvalue weighted by molar-refractivity contribution is 7.09. The van der Waals surface area contributed by atoms with Crippen molar-refractivity contribution in [3.63, 3.8) is 0 Å². The predicted octanol–water partition coefficient (Wildman–Crippen LogP) is 0.877. The van der Waals surface area contributed by atoms with E-state index in [-0.39, 0.29) is 12.1 Å². The summed E-state index contributed by atoms with van der Waals surface area (Å²) in [5.41, 5.74) is 0. The maximum absolute atomic E-state index is 11.5. The molecule has 0 spiro atoms. The Hall–Kier alpha value is -1.37. The molecule has 2 aliphatic rings. The summed E-state index contributed by atoms with van der Waals surface area (Å²) in [6, 6.07) is 0.259. The number of cyclic esters (lactones) is 1. The van der Waals surface area contributed by atoms with Crippen LogP contribution in [0.25, 0.3) is 0 Å². The van der Waals surface area contributed by atoms with E-state index in [0.717, 1.165) is 30.5 Å². The van der Waals surface area contributed by atoms with Gasteiger partial charge < -0.3 is 9.64 Å². The summed E-state index contributed by atoms with van der Waals surface area (Å²) in [5.74, 6) is 0.814. The fraction of sp³-hybridized carbons (Fsp3) is 0.700. The van der Waals surface area contributed by atoms with Gasteiger partial charge in [-0.05, 0) is 13.3 Å². The van der Waals surface area contributed by atoms with Crippen LogP contribution >= 0.6 is 11.5 Å². The number of anilines is 1. The Morgan fingerprint density at radius 2 is 2.35 bits per heavy atom. The zero-order chi connectivity index (χ0) is 11.8. The summed E-state index contributed by atoms with van der Waals surface area (Å²) < 4.78 is 9.15. The summed E-state index contributed by atoms with van der Waals surface area (Å²) >= 11 is 1.42. The molecule has 0 radical (unpaired) electrons. The van der Waals surface area contributed by atoms with Crippen molar-refractivity contribution in [2.24, 2.45) is 0 Å². The Labute approximate surface area is 103 Å². The molecular formula is C10H14N4O2S. The molecule has 1 atom stereocenters. The lowest BCUT2D eigenvalue weighted by Gasteiger charge is -2.21. The third-order valence-corrected chi connectivity index (χ3v) is 4.05. The molecule has 0 aliphatic carbocycles. The van der Waals surface area contributed by atoms with Crippen molar-refractivity contribution in [1.82, 2.24) is 14.3 Å². The molecule has 3 rings (SSSR count). The summed E-state index contributed by atoms with van der Waals surface area (Å²) in [5, 5.41) is 0.956. The zero-order valence-electron chi connectivity index (χ0n) is 9.63. The Morgan fingerprint density at radius 3 is 3.00 bits per heavy atom. The van der Waals surface area contributed by atoms with Crippen molar-refractivity contribution in [2.75, 3.05) is 31.1 Å². The first-order valence-corrected chi connectivity index (χ1v) is 6.50.